The first-order valence-electron chi connectivity index (χ1n) is 14.8. The standard InChI is InChI=1S/C37H29ClN4O3S/c1-41-33(40-31-22-29(38)23-39-34(31)41)24-45-30-19-17-25(18-20-30)21-32-35(43)42(36(44)46-32)37(26-11-5-2-6-12-26,27-13-7-3-8-14-27)28-15-9-4-10-16-28/h2-20,22-23,32H,21,24H2,1H3. The highest BCUT2D eigenvalue weighted by atomic mass is 35.5. The van der Waals surface area contributed by atoms with Crippen LogP contribution < -0.4 is 4.74 Å². The van der Waals surface area contributed by atoms with E-state index in [0.29, 0.717) is 22.7 Å². The second-order valence-electron chi connectivity index (χ2n) is 11.1. The van der Waals surface area contributed by atoms with Gasteiger partial charge in [-0.3, -0.25) is 14.5 Å². The van der Waals surface area contributed by atoms with Gasteiger partial charge in [0, 0.05) is 13.2 Å². The van der Waals surface area contributed by atoms with Gasteiger partial charge in [-0.05, 0) is 46.9 Å². The monoisotopic (exact) mass is 644 g/mol. The minimum absolute atomic E-state index is 0.220. The van der Waals surface area contributed by atoms with Gasteiger partial charge >= 0.3 is 0 Å². The average molecular weight is 645 g/mol. The van der Waals surface area contributed by atoms with Gasteiger partial charge in [0.05, 0.1) is 10.3 Å². The largest absolute Gasteiger partial charge is 0.486 e. The second kappa shape index (κ2) is 12.5. The van der Waals surface area contributed by atoms with Gasteiger partial charge in [0.1, 0.15) is 29.2 Å². The summed E-state index contributed by atoms with van der Waals surface area (Å²) in [7, 11) is 1.89. The molecule has 1 aliphatic rings. The van der Waals surface area contributed by atoms with Crippen LogP contribution in [-0.4, -0.2) is 35.8 Å². The number of nitrogens with zero attached hydrogens (tertiary/aromatic N) is 4. The number of imidazole rings is 1. The Labute approximate surface area is 275 Å². The van der Waals surface area contributed by atoms with Gasteiger partial charge in [-0.1, -0.05) is 126 Å². The van der Waals surface area contributed by atoms with E-state index >= 15 is 0 Å². The second-order valence-corrected chi connectivity index (χ2v) is 12.7. The van der Waals surface area contributed by atoms with E-state index in [1.807, 2.05) is 127 Å². The van der Waals surface area contributed by atoms with Crippen LogP contribution in [0.25, 0.3) is 11.2 Å². The number of aromatic nitrogens is 3. The number of hydrogen-bond acceptors (Lipinski definition) is 6. The third kappa shape index (κ3) is 5.33. The van der Waals surface area contributed by atoms with E-state index in [2.05, 4.69) is 9.97 Å². The summed E-state index contributed by atoms with van der Waals surface area (Å²) >= 11 is 7.16. The Bertz CT molecular complexity index is 1920. The Hall–Kier alpha value is -4.92. The van der Waals surface area contributed by atoms with E-state index < -0.39 is 10.8 Å². The summed E-state index contributed by atoms with van der Waals surface area (Å²) in [6.45, 7) is 0.255. The van der Waals surface area contributed by atoms with Crippen LogP contribution in [0, 0.1) is 0 Å². The number of thioether (sulfide) groups is 1. The number of imide groups is 1. The molecule has 7 rings (SSSR count). The predicted octanol–water partition coefficient (Wildman–Crippen LogP) is 7.80. The molecule has 0 spiro atoms. The Morgan fingerprint density at radius 2 is 1.39 bits per heavy atom. The molecule has 2 aromatic heterocycles. The lowest BCUT2D eigenvalue weighted by atomic mass is 9.75. The highest BCUT2D eigenvalue weighted by Crippen LogP contribution is 2.47. The van der Waals surface area contributed by atoms with E-state index in [1.54, 1.807) is 12.3 Å². The number of amides is 2. The van der Waals surface area contributed by atoms with Gasteiger partial charge in [-0.25, -0.2) is 9.97 Å². The first kappa shape index (κ1) is 29.8. The number of rotatable bonds is 9. The molecule has 7 nitrogen and oxygen atoms in total. The first-order valence-corrected chi connectivity index (χ1v) is 16.1. The number of fused-ring (bicyclic) bond motifs is 1. The van der Waals surface area contributed by atoms with Gasteiger partial charge in [0.15, 0.2) is 5.65 Å². The zero-order valence-electron chi connectivity index (χ0n) is 24.9. The minimum Gasteiger partial charge on any atom is -0.486 e. The van der Waals surface area contributed by atoms with Crippen molar-refractivity contribution in [1.82, 2.24) is 19.4 Å². The molecule has 9 heteroatoms. The number of ether oxygens (including phenoxy) is 1. The summed E-state index contributed by atoms with van der Waals surface area (Å²) in [4.78, 5) is 38.8. The normalized spacial score (nSPS) is 15.1. The number of aryl methyl sites for hydroxylation is 1. The molecular weight excluding hydrogens is 616 g/mol. The van der Waals surface area contributed by atoms with E-state index in [1.165, 1.54) is 4.90 Å². The van der Waals surface area contributed by atoms with Crippen molar-refractivity contribution < 1.29 is 14.3 Å². The SMILES string of the molecule is Cn1c(COc2ccc(CC3SC(=O)N(C(c4ccccc4)(c4ccccc4)c4ccccc4)C3=O)cc2)nc2cc(Cl)cnc21. The predicted molar refractivity (Wildman–Crippen MR) is 181 cm³/mol. The average Bonchev–Trinajstić information content (AvgIpc) is 3.55. The van der Waals surface area contributed by atoms with Gasteiger partial charge in [-0.2, -0.15) is 0 Å². The van der Waals surface area contributed by atoms with Gasteiger partial charge in [-0.15, -0.1) is 0 Å². The molecule has 6 aromatic rings. The Kier molecular flexibility index (Phi) is 8.07. The molecule has 0 radical (unpaired) electrons. The highest BCUT2D eigenvalue weighted by Gasteiger charge is 2.53. The van der Waals surface area contributed by atoms with Crippen LogP contribution in [0.15, 0.2) is 128 Å². The molecule has 228 valence electrons. The minimum atomic E-state index is -1.13. The van der Waals surface area contributed by atoms with Crippen LogP contribution in [0.3, 0.4) is 0 Å². The molecule has 1 aliphatic heterocycles. The van der Waals surface area contributed by atoms with Crippen molar-refractivity contribution in [2.75, 3.05) is 0 Å². The van der Waals surface area contributed by atoms with Gasteiger partial charge in [0.25, 0.3) is 5.24 Å². The van der Waals surface area contributed by atoms with Crippen molar-refractivity contribution >= 4 is 45.7 Å². The number of carbonyl (C=O) groups excluding carboxylic acids is 2. The molecule has 0 aliphatic carbocycles. The van der Waals surface area contributed by atoms with Crippen LogP contribution in [0.1, 0.15) is 28.1 Å². The van der Waals surface area contributed by atoms with E-state index in [-0.39, 0.29) is 17.8 Å². The highest BCUT2D eigenvalue weighted by molar-refractivity contribution is 8.15. The van der Waals surface area contributed by atoms with Crippen molar-refractivity contribution in [3.8, 4) is 5.75 Å². The fourth-order valence-corrected chi connectivity index (χ4v) is 7.34. The van der Waals surface area contributed by atoms with Crippen molar-refractivity contribution in [2.45, 2.75) is 23.8 Å². The molecule has 3 heterocycles. The topological polar surface area (TPSA) is 77.3 Å². The van der Waals surface area contributed by atoms with Crippen molar-refractivity contribution in [3.63, 3.8) is 0 Å². The number of pyridine rings is 1. The molecular formula is C37H29ClN4O3S. The van der Waals surface area contributed by atoms with Crippen LogP contribution in [0.4, 0.5) is 4.79 Å². The molecule has 2 amide bonds. The van der Waals surface area contributed by atoms with Crippen LogP contribution >= 0.6 is 23.4 Å². The molecule has 1 atom stereocenters. The molecule has 1 saturated heterocycles. The van der Waals surface area contributed by atoms with E-state index in [9.17, 15) is 9.59 Å². The smallest absolute Gasteiger partial charge is 0.290 e. The molecule has 0 saturated carbocycles. The Morgan fingerprint density at radius 1 is 0.826 bits per heavy atom. The quantitative estimate of drug-likeness (QED) is 0.150. The summed E-state index contributed by atoms with van der Waals surface area (Å²) in [6, 6.07) is 38.8. The summed E-state index contributed by atoms with van der Waals surface area (Å²) in [5.74, 6) is 1.17. The molecule has 1 unspecified atom stereocenters. The lowest BCUT2D eigenvalue weighted by molar-refractivity contribution is -0.129. The Balaban J connectivity index is 1.14. The first-order chi connectivity index (χ1) is 22.4. The number of benzene rings is 4. The van der Waals surface area contributed by atoms with Crippen LogP contribution in [-0.2, 0) is 30.4 Å². The zero-order chi connectivity index (χ0) is 31.7. The lowest BCUT2D eigenvalue weighted by Crippen LogP contribution is -2.51. The summed E-state index contributed by atoms with van der Waals surface area (Å²) in [5.41, 5.74) is 3.77. The zero-order valence-corrected chi connectivity index (χ0v) is 26.5. The van der Waals surface area contributed by atoms with E-state index in [0.717, 1.165) is 45.5 Å². The molecule has 4 aromatic carbocycles. The van der Waals surface area contributed by atoms with Crippen molar-refractivity contribution in [1.29, 1.82) is 0 Å². The maximum Gasteiger partial charge on any atom is 0.290 e. The maximum absolute atomic E-state index is 14.4. The van der Waals surface area contributed by atoms with Crippen molar-refractivity contribution in [2.24, 2.45) is 7.05 Å². The summed E-state index contributed by atoms with van der Waals surface area (Å²) < 4.78 is 7.91. The van der Waals surface area contributed by atoms with Gasteiger partial charge < -0.3 is 9.30 Å². The third-order valence-corrected chi connectivity index (χ3v) is 9.56. The molecule has 0 bridgehead atoms. The summed E-state index contributed by atoms with van der Waals surface area (Å²) in [5, 5.41) is -0.317. The fraction of sp³-hybridized carbons (Fsp3) is 0.135. The molecule has 0 N–H and O–H groups in total. The van der Waals surface area contributed by atoms with Gasteiger partial charge in [0.2, 0.25) is 5.91 Å². The lowest BCUT2D eigenvalue weighted by Gasteiger charge is -2.42. The fourth-order valence-electron chi connectivity index (χ4n) is 6.13. The maximum atomic E-state index is 14.4. The number of halogens is 1. The van der Waals surface area contributed by atoms with Crippen LogP contribution in [0.2, 0.25) is 5.02 Å². The molecule has 46 heavy (non-hydrogen) atoms. The number of carbonyl (C=O) groups is 2. The summed E-state index contributed by atoms with van der Waals surface area (Å²) in [6.07, 6.45) is 2.00. The Morgan fingerprint density at radius 3 is 1.96 bits per heavy atom. The molecule has 1 fully saturated rings. The third-order valence-electron chi connectivity index (χ3n) is 8.31. The van der Waals surface area contributed by atoms with Crippen LogP contribution in [0.5, 0.6) is 5.75 Å². The number of hydrogen-bond donors (Lipinski definition) is 0. The van der Waals surface area contributed by atoms with Crippen molar-refractivity contribution in [3.05, 3.63) is 161 Å². The van der Waals surface area contributed by atoms with E-state index in [4.69, 9.17) is 16.3 Å².